The Hall–Kier alpha value is -1.47. The molecule has 116 valence electrons. The maximum atomic E-state index is 13.6. The van der Waals surface area contributed by atoms with E-state index in [0.29, 0.717) is 24.4 Å². The van der Waals surface area contributed by atoms with Gasteiger partial charge in [0.05, 0.1) is 18.9 Å². The average Bonchev–Trinajstić information content (AvgIpc) is 2.88. The Balaban J connectivity index is 1.75. The highest BCUT2D eigenvalue weighted by molar-refractivity contribution is 5.43. The van der Waals surface area contributed by atoms with Gasteiger partial charge in [-0.2, -0.15) is 4.98 Å². The number of fused-ring (bicyclic) bond motifs is 1. The van der Waals surface area contributed by atoms with Crippen LogP contribution < -0.4 is 10.2 Å². The number of ether oxygens (including phenoxy) is 2. The molecule has 3 rings (SSSR count). The minimum Gasteiger partial charge on any atom is -0.384 e. The van der Waals surface area contributed by atoms with Crippen LogP contribution in [0.1, 0.15) is 6.42 Å². The molecule has 1 aromatic heterocycles. The van der Waals surface area contributed by atoms with E-state index in [2.05, 4.69) is 15.3 Å². The lowest BCUT2D eigenvalue weighted by Crippen LogP contribution is -2.58. The zero-order chi connectivity index (χ0) is 15.0. The third-order valence-electron chi connectivity index (χ3n) is 4.33. The third-order valence-corrected chi connectivity index (χ3v) is 4.33. The van der Waals surface area contributed by atoms with Gasteiger partial charge in [0.1, 0.15) is 0 Å². The van der Waals surface area contributed by atoms with Crippen molar-refractivity contribution in [2.24, 2.45) is 11.8 Å². The molecule has 1 N–H and O–H groups in total. The minimum atomic E-state index is -0.422. The number of anilines is 2. The molecule has 1 saturated carbocycles. The van der Waals surface area contributed by atoms with Crippen LogP contribution in [0.2, 0.25) is 0 Å². The first-order chi connectivity index (χ1) is 10.1. The van der Waals surface area contributed by atoms with Crippen molar-refractivity contribution in [1.29, 1.82) is 0 Å². The number of halogens is 1. The van der Waals surface area contributed by atoms with Gasteiger partial charge >= 0.3 is 0 Å². The monoisotopic (exact) mass is 296 g/mol. The Kier molecular flexibility index (Phi) is 3.95. The van der Waals surface area contributed by atoms with Crippen LogP contribution in [0.4, 0.5) is 16.2 Å². The molecule has 1 aliphatic heterocycles. The quantitative estimate of drug-likeness (QED) is 0.879. The number of methoxy groups -OCH3 is 1. The average molecular weight is 296 g/mol. The molecule has 1 aromatic rings. The van der Waals surface area contributed by atoms with Crippen molar-refractivity contribution in [3.63, 3.8) is 0 Å². The summed E-state index contributed by atoms with van der Waals surface area (Å²) in [7, 11) is 5.21. The van der Waals surface area contributed by atoms with Crippen LogP contribution in [0.5, 0.6) is 0 Å². The molecule has 2 aliphatic rings. The second kappa shape index (κ2) is 5.73. The minimum absolute atomic E-state index is 0.220. The normalized spacial score (nSPS) is 30.7. The zero-order valence-corrected chi connectivity index (χ0v) is 12.5. The third kappa shape index (κ3) is 2.55. The lowest BCUT2D eigenvalue weighted by molar-refractivity contribution is -0.0668. The van der Waals surface area contributed by atoms with Gasteiger partial charge in [-0.3, -0.25) is 0 Å². The van der Waals surface area contributed by atoms with Crippen molar-refractivity contribution in [2.45, 2.75) is 18.6 Å². The lowest BCUT2D eigenvalue weighted by atomic mass is 9.67. The van der Waals surface area contributed by atoms with Gasteiger partial charge in [0.2, 0.25) is 5.95 Å². The number of hydrogen-bond acceptors (Lipinski definition) is 6. The maximum Gasteiger partial charge on any atom is 0.225 e. The van der Waals surface area contributed by atoms with E-state index in [1.165, 1.54) is 6.20 Å². The standard InChI is InChI=1S/C14H21FN4O2/c1-19(2)13-10(15)6-16-14(18-13)17-11-8-4-5-21-12(8)9(11)7-20-3/h6,8-9,11-12H,4-5,7H2,1-3H3,(H,16,17,18)/t8-,9+,11-,12-/m0/s1. The fourth-order valence-electron chi connectivity index (χ4n) is 3.32. The molecule has 0 amide bonds. The summed E-state index contributed by atoms with van der Waals surface area (Å²) in [5, 5.41) is 3.33. The van der Waals surface area contributed by atoms with Crippen molar-refractivity contribution >= 4 is 11.8 Å². The van der Waals surface area contributed by atoms with Crippen molar-refractivity contribution in [2.75, 3.05) is 44.6 Å². The van der Waals surface area contributed by atoms with Crippen molar-refractivity contribution in [1.82, 2.24) is 9.97 Å². The van der Waals surface area contributed by atoms with Gasteiger partial charge in [0, 0.05) is 45.7 Å². The van der Waals surface area contributed by atoms with Crippen LogP contribution in [-0.2, 0) is 9.47 Å². The van der Waals surface area contributed by atoms with Crippen LogP contribution in [0, 0.1) is 17.7 Å². The number of nitrogens with one attached hydrogen (secondary N) is 1. The smallest absolute Gasteiger partial charge is 0.225 e. The summed E-state index contributed by atoms with van der Waals surface area (Å²) in [6, 6.07) is 0.220. The molecule has 6 nitrogen and oxygen atoms in total. The highest BCUT2D eigenvalue weighted by Crippen LogP contribution is 2.44. The highest BCUT2D eigenvalue weighted by Gasteiger charge is 2.54. The van der Waals surface area contributed by atoms with E-state index in [1.54, 1.807) is 26.1 Å². The van der Waals surface area contributed by atoms with E-state index in [-0.39, 0.29) is 18.0 Å². The predicted molar refractivity (Wildman–Crippen MR) is 76.9 cm³/mol. The summed E-state index contributed by atoms with van der Waals surface area (Å²) < 4.78 is 24.6. The van der Waals surface area contributed by atoms with Gasteiger partial charge in [-0.25, -0.2) is 9.37 Å². The van der Waals surface area contributed by atoms with Crippen LogP contribution in [0.15, 0.2) is 6.20 Å². The molecular formula is C14H21FN4O2. The SMILES string of the molecule is COC[C@@H]1[C@@H](Nc2ncc(F)c(N(C)C)n2)[C@@H]2CCO[C@H]12. The molecule has 0 radical (unpaired) electrons. The van der Waals surface area contributed by atoms with E-state index in [0.717, 1.165) is 13.0 Å². The van der Waals surface area contributed by atoms with E-state index >= 15 is 0 Å². The first kappa shape index (κ1) is 14.5. The number of aromatic nitrogens is 2. The summed E-state index contributed by atoms with van der Waals surface area (Å²) in [6.07, 6.45) is 2.50. The van der Waals surface area contributed by atoms with E-state index in [9.17, 15) is 4.39 Å². The molecule has 0 aromatic carbocycles. The molecule has 0 bridgehead atoms. The van der Waals surface area contributed by atoms with Gasteiger partial charge in [0.25, 0.3) is 0 Å². The largest absolute Gasteiger partial charge is 0.384 e. The van der Waals surface area contributed by atoms with Crippen LogP contribution >= 0.6 is 0 Å². The van der Waals surface area contributed by atoms with E-state index in [1.807, 2.05) is 0 Å². The molecular weight excluding hydrogens is 275 g/mol. The molecule has 0 unspecified atom stereocenters. The fourth-order valence-corrected chi connectivity index (χ4v) is 3.32. The van der Waals surface area contributed by atoms with Gasteiger partial charge in [-0.15, -0.1) is 0 Å². The van der Waals surface area contributed by atoms with E-state index in [4.69, 9.17) is 9.47 Å². The number of nitrogens with zero attached hydrogens (tertiary/aromatic N) is 3. The molecule has 4 atom stereocenters. The number of hydrogen-bond donors (Lipinski definition) is 1. The lowest BCUT2D eigenvalue weighted by Gasteiger charge is -2.47. The summed E-state index contributed by atoms with van der Waals surface area (Å²) in [6.45, 7) is 1.43. The molecule has 21 heavy (non-hydrogen) atoms. The molecule has 2 heterocycles. The fraction of sp³-hybridized carbons (Fsp3) is 0.714. The highest BCUT2D eigenvalue weighted by atomic mass is 19.1. The van der Waals surface area contributed by atoms with Crippen LogP contribution in [-0.4, -0.2) is 56.5 Å². The first-order valence-corrected chi connectivity index (χ1v) is 7.18. The van der Waals surface area contributed by atoms with Gasteiger partial charge in [-0.05, 0) is 6.42 Å². The molecule has 2 fully saturated rings. The second-order valence-electron chi connectivity index (χ2n) is 5.84. The Morgan fingerprint density at radius 2 is 2.33 bits per heavy atom. The predicted octanol–water partition coefficient (Wildman–Crippen LogP) is 1.14. The zero-order valence-electron chi connectivity index (χ0n) is 12.5. The van der Waals surface area contributed by atoms with Crippen molar-refractivity contribution in [3.8, 4) is 0 Å². The Morgan fingerprint density at radius 1 is 1.52 bits per heavy atom. The maximum absolute atomic E-state index is 13.6. The summed E-state index contributed by atoms with van der Waals surface area (Å²) in [4.78, 5) is 9.93. The topological polar surface area (TPSA) is 59.5 Å². The molecule has 1 saturated heterocycles. The summed E-state index contributed by atoms with van der Waals surface area (Å²) in [5.41, 5.74) is 0. The molecule has 7 heteroatoms. The van der Waals surface area contributed by atoms with Gasteiger partial charge in [0.15, 0.2) is 11.6 Å². The van der Waals surface area contributed by atoms with Crippen molar-refractivity contribution < 1.29 is 13.9 Å². The second-order valence-corrected chi connectivity index (χ2v) is 5.84. The Morgan fingerprint density at radius 3 is 3.05 bits per heavy atom. The summed E-state index contributed by atoms with van der Waals surface area (Å²) >= 11 is 0. The van der Waals surface area contributed by atoms with Gasteiger partial charge < -0.3 is 19.7 Å². The Labute approximate surface area is 123 Å². The number of rotatable bonds is 5. The van der Waals surface area contributed by atoms with E-state index < -0.39 is 5.82 Å². The molecule has 0 spiro atoms. The van der Waals surface area contributed by atoms with Gasteiger partial charge in [-0.1, -0.05) is 0 Å². The Bertz CT molecular complexity index is 514. The summed E-state index contributed by atoms with van der Waals surface area (Å²) in [5.74, 6) is 1.07. The van der Waals surface area contributed by atoms with Crippen molar-refractivity contribution in [3.05, 3.63) is 12.0 Å². The molecule has 1 aliphatic carbocycles. The van der Waals surface area contributed by atoms with Crippen LogP contribution in [0.3, 0.4) is 0 Å². The van der Waals surface area contributed by atoms with Crippen LogP contribution in [0.25, 0.3) is 0 Å². The first-order valence-electron chi connectivity index (χ1n) is 7.18.